The molecular weight excluding hydrogens is 588 g/mol. The number of hydrogen-bond acceptors (Lipinski definition) is 9. The number of ether oxygens (including phenoxy) is 2. The van der Waals surface area contributed by atoms with Gasteiger partial charge in [0.1, 0.15) is 0 Å². The molecule has 1 aliphatic carbocycles. The van der Waals surface area contributed by atoms with Crippen molar-refractivity contribution in [2.24, 2.45) is 14.1 Å². The van der Waals surface area contributed by atoms with Crippen LogP contribution in [-0.2, 0) is 25.3 Å². The number of benzene rings is 2. The summed E-state index contributed by atoms with van der Waals surface area (Å²) in [6.07, 6.45) is 1.96. The second kappa shape index (κ2) is 12.6. The highest BCUT2D eigenvalue weighted by molar-refractivity contribution is 6.03. The largest absolute Gasteiger partial charge is 0.481 e. The van der Waals surface area contributed by atoms with Crippen molar-refractivity contribution >= 4 is 11.6 Å². The first-order chi connectivity index (χ1) is 22.1. The van der Waals surface area contributed by atoms with E-state index >= 15 is 0 Å². The average molecular weight is 627 g/mol. The van der Waals surface area contributed by atoms with Gasteiger partial charge in [0.2, 0.25) is 11.6 Å². The molecule has 1 unspecified atom stereocenters. The highest BCUT2D eigenvalue weighted by Gasteiger charge is 2.33. The lowest BCUT2D eigenvalue weighted by atomic mass is 9.91. The number of aliphatic hydroxyl groups is 1. The highest BCUT2D eigenvalue weighted by atomic mass is 16.5. The third kappa shape index (κ3) is 5.63. The fraction of sp³-hybridized carbons (Fsp3) is 0.382. The van der Waals surface area contributed by atoms with Crippen LogP contribution < -0.4 is 26.6 Å². The van der Waals surface area contributed by atoms with E-state index in [4.69, 9.17) is 14.5 Å². The van der Waals surface area contributed by atoms with Crippen LogP contribution in [-0.4, -0.2) is 62.8 Å². The SMILES string of the molecule is COc1nc(-c2cccc(-c3cccc(NC(=O)c4nn(C)c(=O)n(C)c4=O)c3C)c2C)cc2c1C(N[C@@H]1CCOC[C@H]1O)CC2. The molecule has 1 fully saturated rings. The maximum Gasteiger partial charge on any atom is 0.346 e. The van der Waals surface area contributed by atoms with Gasteiger partial charge in [0.15, 0.2) is 0 Å². The number of carbonyl (C=O) groups excluding carboxylic acids is 1. The van der Waals surface area contributed by atoms with E-state index in [1.165, 1.54) is 19.7 Å². The third-order valence-corrected chi connectivity index (χ3v) is 9.11. The van der Waals surface area contributed by atoms with Crippen LogP contribution in [0.5, 0.6) is 5.88 Å². The lowest BCUT2D eigenvalue weighted by molar-refractivity contribution is -0.0304. The zero-order chi connectivity index (χ0) is 32.7. The minimum absolute atomic E-state index is 0.0356. The summed E-state index contributed by atoms with van der Waals surface area (Å²) in [7, 11) is 4.33. The molecule has 0 saturated carbocycles. The third-order valence-electron chi connectivity index (χ3n) is 9.11. The number of amides is 1. The van der Waals surface area contributed by atoms with Gasteiger partial charge >= 0.3 is 5.69 Å². The van der Waals surface area contributed by atoms with Crippen LogP contribution in [0, 0.1) is 13.8 Å². The van der Waals surface area contributed by atoms with E-state index < -0.39 is 23.3 Å². The van der Waals surface area contributed by atoms with Gasteiger partial charge in [-0.1, -0.05) is 30.3 Å². The van der Waals surface area contributed by atoms with Gasteiger partial charge in [-0.15, -0.1) is 0 Å². The average Bonchev–Trinajstić information content (AvgIpc) is 3.46. The van der Waals surface area contributed by atoms with Crippen molar-refractivity contribution < 1.29 is 19.4 Å². The van der Waals surface area contributed by atoms with Crippen LogP contribution in [0.3, 0.4) is 0 Å². The first kappa shape index (κ1) is 31.3. The predicted octanol–water partition coefficient (Wildman–Crippen LogP) is 2.81. The van der Waals surface area contributed by atoms with Gasteiger partial charge in [-0.05, 0) is 73.1 Å². The van der Waals surface area contributed by atoms with Crippen molar-refractivity contribution in [3.63, 3.8) is 0 Å². The van der Waals surface area contributed by atoms with Crippen LogP contribution >= 0.6 is 0 Å². The first-order valence-corrected chi connectivity index (χ1v) is 15.3. The maximum atomic E-state index is 13.1. The van der Waals surface area contributed by atoms with E-state index in [2.05, 4.69) is 21.8 Å². The molecule has 3 heterocycles. The van der Waals surface area contributed by atoms with Gasteiger partial charge in [-0.25, -0.2) is 14.5 Å². The fourth-order valence-electron chi connectivity index (χ4n) is 6.53. The topological polar surface area (TPSA) is 150 Å². The molecule has 2 aromatic carbocycles. The molecule has 2 aliphatic rings. The molecule has 1 amide bonds. The van der Waals surface area contributed by atoms with Crippen molar-refractivity contribution in [2.75, 3.05) is 25.6 Å². The molecule has 3 N–H and O–H groups in total. The van der Waals surface area contributed by atoms with Gasteiger partial charge in [-0.2, -0.15) is 5.10 Å². The normalized spacial score (nSPS) is 19.1. The number of aromatic nitrogens is 4. The monoisotopic (exact) mass is 626 g/mol. The molecule has 0 spiro atoms. The van der Waals surface area contributed by atoms with E-state index in [1.54, 1.807) is 13.2 Å². The molecule has 6 rings (SSSR count). The number of carbonyl (C=O) groups is 1. The molecule has 0 bridgehead atoms. The zero-order valence-corrected chi connectivity index (χ0v) is 26.6. The summed E-state index contributed by atoms with van der Waals surface area (Å²) >= 11 is 0. The standard InChI is InChI=1S/C34H38N6O6/c1-18-21(22-9-7-11-24(19(22)2)36-31(42)30-33(43)39(3)34(44)40(4)38-30)8-6-10-23(18)27-16-20-12-13-26(29(20)32(37-27)45-5)35-25-14-15-46-17-28(25)41/h6-11,16,25-26,28,35,41H,12-15,17H2,1-5H3,(H,36,42)/t25-,26?,28-/m1/s1. The van der Waals surface area contributed by atoms with E-state index in [-0.39, 0.29) is 17.8 Å². The quantitative estimate of drug-likeness (QED) is 0.282. The molecule has 1 aliphatic heterocycles. The molecule has 240 valence electrons. The second-order valence-electron chi connectivity index (χ2n) is 11.9. The number of fused-ring (bicyclic) bond motifs is 1. The minimum atomic E-state index is -0.765. The smallest absolute Gasteiger partial charge is 0.346 e. The van der Waals surface area contributed by atoms with E-state index in [0.29, 0.717) is 24.8 Å². The fourth-order valence-corrected chi connectivity index (χ4v) is 6.53. The van der Waals surface area contributed by atoms with Crippen molar-refractivity contribution in [3.05, 3.63) is 91.3 Å². The number of aryl methyl sites for hydroxylation is 2. The van der Waals surface area contributed by atoms with Gasteiger partial charge in [0.05, 0.1) is 25.5 Å². The molecule has 46 heavy (non-hydrogen) atoms. The highest BCUT2D eigenvalue weighted by Crippen LogP contribution is 2.41. The van der Waals surface area contributed by atoms with E-state index in [0.717, 1.165) is 67.6 Å². The summed E-state index contributed by atoms with van der Waals surface area (Å²) in [5, 5.41) is 20.8. The number of aliphatic hydroxyl groups excluding tert-OH is 1. The van der Waals surface area contributed by atoms with E-state index in [1.807, 2.05) is 44.2 Å². The zero-order valence-electron chi connectivity index (χ0n) is 26.6. The lowest BCUT2D eigenvalue weighted by Gasteiger charge is -2.31. The Hall–Kier alpha value is -4.65. The van der Waals surface area contributed by atoms with E-state index in [9.17, 15) is 19.5 Å². The lowest BCUT2D eigenvalue weighted by Crippen LogP contribution is -2.47. The number of nitrogens with one attached hydrogen (secondary N) is 2. The Labute approximate surface area is 266 Å². The van der Waals surface area contributed by atoms with Crippen molar-refractivity contribution in [3.8, 4) is 28.3 Å². The van der Waals surface area contributed by atoms with Crippen LogP contribution in [0.15, 0.2) is 52.1 Å². The Morgan fingerprint density at radius 1 is 1.04 bits per heavy atom. The summed E-state index contributed by atoms with van der Waals surface area (Å²) in [5.74, 6) is -0.122. The Morgan fingerprint density at radius 2 is 1.76 bits per heavy atom. The molecule has 3 atom stereocenters. The van der Waals surface area contributed by atoms with Crippen LogP contribution in [0.2, 0.25) is 0 Å². The summed E-state index contributed by atoms with van der Waals surface area (Å²) < 4.78 is 13.1. The van der Waals surface area contributed by atoms with Crippen LogP contribution in [0.1, 0.15) is 51.6 Å². The Bertz CT molecular complexity index is 1950. The van der Waals surface area contributed by atoms with Crippen LogP contribution in [0.4, 0.5) is 5.69 Å². The summed E-state index contributed by atoms with van der Waals surface area (Å²) in [6.45, 7) is 4.91. The summed E-state index contributed by atoms with van der Waals surface area (Å²) in [6, 6.07) is 13.8. The van der Waals surface area contributed by atoms with Gasteiger partial charge < -0.3 is 25.2 Å². The van der Waals surface area contributed by atoms with Crippen molar-refractivity contribution in [1.29, 1.82) is 0 Å². The van der Waals surface area contributed by atoms with Crippen molar-refractivity contribution in [2.45, 2.75) is 51.3 Å². The molecular formula is C34H38N6O6. The predicted molar refractivity (Wildman–Crippen MR) is 173 cm³/mol. The van der Waals surface area contributed by atoms with Crippen molar-refractivity contribution in [1.82, 2.24) is 24.6 Å². The van der Waals surface area contributed by atoms with Gasteiger partial charge in [-0.3, -0.25) is 14.2 Å². The second-order valence-corrected chi connectivity index (χ2v) is 11.9. The number of pyridine rings is 1. The Morgan fingerprint density at radius 3 is 2.50 bits per heavy atom. The molecule has 0 radical (unpaired) electrons. The molecule has 12 heteroatoms. The number of methoxy groups -OCH3 is 1. The number of anilines is 1. The Kier molecular flexibility index (Phi) is 8.60. The molecule has 4 aromatic rings. The Balaban J connectivity index is 1.31. The first-order valence-electron chi connectivity index (χ1n) is 15.3. The minimum Gasteiger partial charge on any atom is -0.481 e. The van der Waals surface area contributed by atoms with Gasteiger partial charge in [0, 0.05) is 49.6 Å². The summed E-state index contributed by atoms with van der Waals surface area (Å²) in [5.41, 5.74) is 6.45. The van der Waals surface area contributed by atoms with Crippen LogP contribution in [0.25, 0.3) is 22.4 Å². The summed E-state index contributed by atoms with van der Waals surface area (Å²) in [4.78, 5) is 42.7. The van der Waals surface area contributed by atoms with Gasteiger partial charge in [0.25, 0.3) is 11.5 Å². The number of hydrogen-bond donors (Lipinski definition) is 3. The maximum absolute atomic E-state index is 13.1. The number of nitrogens with zero attached hydrogens (tertiary/aromatic N) is 4. The number of rotatable bonds is 7. The molecule has 1 saturated heterocycles. The molecule has 2 aromatic heterocycles. The molecule has 12 nitrogen and oxygen atoms in total.